The van der Waals surface area contributed by atoms with Crippen molar-refractivity contribution in [2.45, 2.75) is 41.1 Å². The number of hydrogen-bond donors (Lipinski definition) is 1. The zero-order valence-electron chi connectivity index (χ0n) is 18.3. The van der Waals surface area contributed by atoms with Crippen molar-refractivity contribution in [3.05, 3.63) is 40.0 Å². The van der Waals surface area contributed by atoms with Gasteiger partial charge in [0.25, 0.3) is 0 Å². The molecule has 0 saturated carbocycles. The van der Waals surface area contributed by atoms with Gasteiger partial charge in [0.2, 0.25) is 5.91 Å². The lowest BCUT2D eigenvalue weighted by molar-refractivity contribution is -0.118. The zero-order valence-corrected chi connectivity index (χ0v) is 20.6. The maximum atomic E-state index is 13.3. The predicted octanol–water partition coefficient (Wildman–Crippen LogP) is 3.96. The van der Waals surface area contributed by atoms with E-state index in [4.69, 9.17) is 16.3 Å². The van der Waals surface area contributed by atoms with Gasteiger partial charge < -0.3 is 19.6 Å². The number of likely N-dealkylation sites (tertiary alicyclic amines) is 1. The average Bonchev–Trinajstić information content (AvgIpc) is 3.46. The summed E-state index contributed by atoms with van der Waals surface area (Å²) in [5.74, 6) is -0.0331. The second-order valence-electron chi connectivity index (χ2n) is 8.83. The van der Waals surface area contributed by atoms with Gasteiger partial charge in [0.15, 0.2) is 0 Å². The lowest BCUT2D eigenvalue weighted by Gasteiger charge is -2.25. The molecule has 2 aromatic rings. The number of carbonyl (C=O) groups is 2. The predicted molar refractivity (Wildman–Crippen MR) is 127 cm³/mol. The molecule has 32 heavy (non-hydrogen) atoms. The maximum Gasteiger partial charge on any atom is 0.409 e. The molecule has 2 aliphatic heterocycles. The molecule has 1 aromatic carbocycles. The van der Waals surface area contributed by atoms with E-state index in [0.717, 1.165) is 26.9 Å². The number of thiazole rings is 1. The fourth-order valence-corrected chi connectivity index (χ4v) is 6.98. The third-order valence-corrected chi connectivity index (χ3v) is 8.48. The number of aliphatic hydroxyl groups is 1. The van der Waals surface area contributed by atoms with Crippen molar-refractivity contribution in [2.24, 2.45) is 0 Å². The van der Waals surface area contributed by atoms with E-state index in [2.05, 4.69) is 4.98 Å². The second kappa shape index (κ2) is 8.85. The first-order valence-electron chi connectivity index (χ1n) is 10.3. The standard InChI is InChI=1S/C22H26ClN3O4S2/c1-21(2,13-27)32-19-10-24-17(31-19)9-18(28)26-12-22(6-7-25(11-22)20(29)30-3)15-8-14(23)4-5-16(15)26/h4-5,8,10,27H,6-7,9,11-13H2,1-3H3. The van der Waals surface area contributed by atoms with Gasteiger partial charge in [-0.1, -0.05) is 11.6 Å². The monoisotopic (exact) mass is 495 g/mol. The summed E-state index contributed by atoms with van der Waals surface area (Å²) in [6.07, 6.45) is 2.35. The van der Waals surface area contributed by atoms with Gasteiger partial charge in [-0.3, -0.25) is 4.79 Å². The number of hydrogen-bond acceptors (Lipinski definition) is 7. The Bertz CT molecular complexity index is 1040. The summed E-state index contributed by atoms with van der Waals surface area (Å²) >= 11 is 9.33. The Labute approximate surface area is 200 Å². The number of rotatable bonds is 5. The molecule has 2 aliphatic rings. The number of ether oxygens (including phenoxy) is 1. The Morgan fingerprint density at radius 2 is 2.16 bits per heavy atom. The van der Waals surface area contributed by atoms with Gasteiger partial charge in [-0.25, -0.2) is 9.78 Å². The van der Waals surface area contributed by atoms with E-state index in [1.165, 1.54) is 18.4 Å². The molecule has 3 heterocycles. The van der Waals surface area contributed by atoms with Gasteiger partial charge in [0.1, 0.15) is 5.01 Å². The van der Waals surface area contributed by atoms with Crippen LogP contribution in [-0.4, -0.2) is 65.1 Å². The lowest BCUT2D eigenvalue weighted by Crippen LogP contribution is -2.40. The highest BCUT2D eigenvalue weighted by Crippen LogP contribution is 2.47. The molecule has 0 bridgehead atoms. The molecular weight excluding hydrogens is 470 g/mol. The highest BCUT2D eigenvalue weighted by atomic mass is 35.5. The summed E-state index contributed by atoms with van der Waals surface area (Å²) in [5, 5.41) is 10.8. The number of amides is 2. The lowest BCUT2D eigenvalue weighted by atomic mass is 9.81. The molecular formula is C22H26ClN3O4S2. The van der Waals surface area contributed by atoms with Crippen molar-refractivity contribution in [3.8, 4) is 0 Å². The maximum absolute atomic E-state index is 13.3. The van der Waals surface area contributed by atoms with Crippen LogP contribution in [0.15, 0.2) is 28.6 Å². The molecule has 0 radical (unpaired) electrons. The first-order valence-corrected chi connectivity index (χ1v) is 12.4. The molecule has 0 aliphatic carbocycles. The molecule has 1 N–H and O–H groups in total. The molecule has 1 atom stereocenters. The molecule has 1 fully saturated rings. The van der Waals surface area contributed by atoms with Crippen LogP contribution in [0.2, 0.25) is 5.02 Å². The summed E-state index contributed by atoms with van der Waals surface area (Å²) in [6.45, 7) is 5.56. The molecule has 1 spiro atoms. The summed E-state index contributed by atoms with van der Waals surface area (Å²) in [5.41, 5.74) is 1.50. The number of halogens is 1. The topological polar surface area (TPSA) is 83.0 Å². The second-order valence-corrected chi connectivity index (χ2v) is 12.4. The van der Waals surface area contributed by atoms with Crippen LogP contribution in [0, 0.1) is 0 Å². The Balaban J connectivity index is 1.54. The van der Waals surface area contributed by atoms with Gasteiger partial charge in [-0.05, 0) is 44.0 Å². The quantitative estimate of drug-likeness (QED) is 0.632. The summed E-state index contributed by atoms with van der Waals surface area (Å²) in [6, 6.07) is 5.60. The molecule has 172 valence electrons. The smallest absolute Gasteiger partial charge is 0.409 e. The minimum absolute atomic E-state index is 0.0331. The Morgan fingerprint density at radius 1 is 1.38 bits per heavy atom. The Morgan fingerprint density at radius 3 is 2.88 bits per heavy atom. The number of anilines is 1. The van der Waals surface area contributed by atoms with E-state index in [1.54, 1.807) is 33.8 Å². The van der Waals surface area contributed by atoms with Gasteiger partial charge in [-0.2, -0.15) is 0 Å². The number of carbonyl (C=O) groups excluding carboxylic acids is 2. The first kappa shape index (κ1) is 23.4. The van der Waals surface area contributed by atoms with Gasteiger partial charge in [-0.15, -0.1) is 23.1 Å². The molecule has 1 saturated heterocycles. The van der Waals surface area contributed by atoms with Crippen LogP contribution in [0.3, 0.4) is 0 Å². The fraction of sp³-hybridized carbons (Fsp3) is 0.500. The molecule has 10 heteroatoms. The number of methoxy groups -OCH3 is 1. The summed E-state index contributed by atoms with van der Waals surface area (Å²) in [7, 11) is 1.38. The van der Waals surface area contributed by atoms with Crippen molar-refractivity contribution in [3.63, 3.8) is 0 Å². The summed E-state index contributed by atoms with van der Waals surface area (Å²) in [4.78, 5) is 33.3. The Hall–Kier alpha value is -1.81. The first-order chi connectivity index (χ1) is 15.2. The average molecular weight is 496 g/mol. The van der Waals surface area contributed by atoms with E-state index in [1.807, 2.05) is 26.0 Å². The van der Waals surface area contributed by atoms with E-state index in [-0.39, 0.29) is 35.2 Å². The van der Waals surface area contributed by atoms with Crippen molar-refractivity contribution in [1.82, 2.24) is 9.88 Å². The fourth-order valence-electron chi connectivity index (χ4n) is 4.32. The van der Waals surface area contributed by atoms with Crippen LogP contribution in [0.5, 0.6) is 0 Å². The number of aliphatic hydroxyl groups excluding tert-OH is 1. The molecule has 1 aromatic heterocycles. The number of aromatic nitrogens is 1. The van der Waals surface area contributed by atoms with E-state index < -0.39 is 0 Å². The highest BCUT2D eigenvalue weighted by Gasteiger charge is 2.50. The highest BCUT2D eigenvalue weighted by molar-refractivity contribution is 8.02. The van der Waals surface area contributed by atoms with Crippen LogP contribution in [0.4, 0.5) is 10.5 Å². The van der Waals surface area contributed by atoms with E-state index >= 15 is 0 Å². The van der Waals surface area contributed by atoms with Crippen LogP contribution >= 0.6 is 34.7 Å². The van der Waals surface area contributed by atoms with Gasteiger partial charge in [0.05, 0.1) is 30.5 Å². The molecule has 1 unspecified atom stereocenters. The number of fused-ring (bicyclic) bond motifs is 2. The molecule has 7 nitrogen and oxygen atoms in total. The van der Waals surface area contributed by atoms with Crippen LogP contribution < -0.4 is 4.90 Å². The van der Waals surface area contributed by atoms with Crippen molar-refractivity contribution in [1.29, 1.82) is 0 Å². The van der Waals surface area contributed by atoms with E-state index in [9.17, 15) is 14.7 Å². The van der Waals surface area contributed by atoms with E-state index in [0.29, 0.717) is 24.7 Å². The Kier molecular flexibility index (Phi) is 6.46. The van der Waals surface area contributed by atoms with Gasteiger partial charge >= 0.3 is 6.09 Å². The molecule has 2 amide bonds. The van der Waals surface area contributed by atoms with Gasteiger partial charge in [0, 0.05) is 40.5 Å². The normalized spacial score (nSPS) is 20.2. The van der Waals surface area contributed by atoms with Crippen molar-refractivity contribution in [2.75, 3.05) is 38.3 Å². The third-order valence-electron chi connectivity index (χ3n) is 5.96. The largest absolute Gasteiger partial charge is 0.453 e. The SMILES string of the molecule is COC(=O)N1CCC2(C1)CN(C(=O)Cc1ncc(SC(C)(C)CO)s1)c1ccc(Cl)cc12. The molecule has 4 rings (SSSR count). The number of nitrogens with zero attached hydrogens (tertiary/aromatic N) is 3. The summed E-state index contributed by atoms with van der Waals surface area (Å²) < 4.78 is 5.57. The van der Waals surface area contributed by atoms with Crippen molar-refractivity contribution < 1.29 is 19.4 Å². The van der Waals surface area contributed by atoms with Crippen molar-refractivity contribution >= 4 is 52.4 Å². The minimum Gasteiger partial charge on any atom is -0.453 e. The van der Waals surface area contributed by atoms with Crippen LogP contribution in [0.1, 0.15) is 30.8 Å². The zero-order chi connectivity index (χ0) is 23.1. The number of benzene rings is 1. The van der Waals surface area contributed by atoms with Crippen LogP contribution in [-0.2, 0) is 21.4 Å². The minimum atomic E-state index is -0.353. The third kappa shape index (κ3) is 4.48. The van der Waals surface area contributed by atoms with Crippen LogP contribution in [0.25, 0.3) is 0 Å². The number of thioether (sulfide) groups is 1.